The summed E-state index contributed by atoms with van der Waals surface area (Å²) in [6.07, 6.45) is 0. The van der Waals surface area contributed by atoms with Crippen LogP contribution < -0.4 is 4.74 Å². The van der Waals surface area contributed by atoms with Crippen molar-refractivity contribution in [1.82, 2.24) is 0 Å². The van der Waals surface area contributed by atoms with E-state index in [2.05, 4.69) is 0 Å². The van der Waals surface area contributed by atoms with Crippen molar-refractivity contribution in [3.63, 3.8) is 0 Å². The fourth-order valence-electron chi connectivity index (χ4n) is 1.96. The first-order chi connectivity index (χ1) is 9.42. The molecular weight excluding hydrogens is 286 g/mol. The second-order valence-corrected chi connectivity index (χ2v) is 4.95. The van der Waals surface area contributed by atoms with E-state index in [1.807, 2.05) is 0 Å². The first kappa shape index (κ1) is 14.8. The molecule has 20 heavy (non-hydrogen) atoms. The van der Waals surface area contributed by atoms with Crippen LogP contribution in [0.3, 0.4) is 0 Å². The van der Waals surface area contributed by atoms with E-state index in [1.54, 1.807) is 26.0 Å². The molecule has 0 radical (unpaired) electrons. The van der Waals surface area contributed by atoms with Crippen LogP contribution in [0.2, 0.25) is 5.02 Å². The number of aryl methyl sites for hydroxylation is 2. The SMILES string of the molecule is Cc1cc(Cl)cc(C)c1Oc1c(F)cc(CO)cc1F. The van der Waals surface area contributed by atoms with Gasteiger partial charge in [0.25, 0.3) is 0 Å². The molecule has 0 unspecified atom stereocenters. The van der Waals surface area contributed by atoms with E-state index in [1.165, 1.54) is 0 Å². The summed E-state index contributed by atoms with van der Waals surface area (Å²) in [5.74, 6) is -1.84. The maximum Gasteiger partial charge on any atom is 0.198 e. The van der Waals surface area contributed by atoms with Crippen molar-refractivity contribution < 1.29 is 18.6 Å². The van der Waals surface area contributed by atoms with E-state index >= 15 is 0 Å². The van der Waals surface area contributed by atoms with E-state index in [0.29, 0.717) is 21.9 Å². The van der Waals surface area contributed by atoms with Gasteiger partial charge in [-0.1, -0.05) is 11.6 Å². The van der Waals surface area contributed by atoms with E-state index in [4.69, 9.17) is 21.4 Å². The topological polar surface area (TPSA) is 29.5 Å². The van der Waals surface area contributed by atoms with E-state index in [-0.39, 0.29) is 5.56 Å². The standard InChI is InChI=1S/C15H13ClF2O2/c1-8-3-11(16)4-9(2)14(8)20-15-12(17)5-10(7-19)6-13(15)18/h3-6,19H,7H2,1-2H3. The zero-order chi connectivity index (χ0) is 14.9. The molecule has 106 valence electrons. The monoisotopic (exact) mass is 298 g/mol. The van der Waals surface area contributed by atoms with Crippen LogP contribution in [0.1, 0.15) is 16.7 Å². The minimum atomic E-state index is -0.859. The van der Waals surface area contributed by atoms with Crippen LogP contribution in [0.4, 0.5) is 8.78 Å². The number of aliphatic hydroxyl groups excluding tert-OH is 1. The number of hydrogen-bond acceptors (Lipinski definition) is 2. The van der Waals surface area contributed by atoms with Gasteiger partial charge in [0, 0.05) is 5.02 Å². The predicted molar refractivity (Wildman–Crippen MR) is 73.3 cm³/mol. The minimum absolute atomic E-state index is 0.150. The van der Waals surface area contributed by atoms with Gasteiger partial charge in [0.2, 0.25) is 0 Å². The summed E-state index contributed by atoms with van der Waals surface area (Å²) in [4.78, 5) is 0. The molecular formula is C15H13ClF2O2. The number of aliphatic hydroxyl groups is 1. The van der Waals surface area contributed by atoms with Crippen molar-refractivity contribution in [1.29, 1.82) is 0 Å². The highest BCUT2D eigenvalue weighted by atomic mass is 35.5. The van der Waals surface area contributed by atoms with E-state index in [0.717, 1.165) is 12.1 Å². The first-order valence-corrected chi connectivity index (χ1v) is 6.33. The Hall–Kier alpha value is -1.65. The maximum absolute atomic E-state index is 13.8. The normalized spacial score (nSPS) is 10.7. The molecule has 0 aromatic heterocycles. The van der Waals surface area contributed by atoms with Gasteiger partial charge < -0.3 is 9.84 Å². The lowest BCUT2D eigenvalue weighted by atomic mass is 10.1. The second kappa shape index (κ2) is 5.77. The molecule has 0 saturated carbocycles. The average molecular weight is 299 g/mol. The molecule has 2 aromatic rings. The van der Waals surface area contributed by atoms with Crippen LogP contribution in [0, 0.1) is 25.5 Å². The number of benzene rings is 2. The van der Waals surface area contributed by atoms with Crippen LogP contribution in [0.15, 0.2) is 24.3 Å². The lowest BCUT2D eigenvalue weighted by Crippen LogP contribution is -1.98. The van der Waals surface area contributed by atoms with Crippen molar-refractivity contribution in [2.45, 2.75) is 20.5 Å². The lowest BCUT2D eigenvalue weighted by Gasteiger charge is -2.14. The van der Waals surface area contributed by atoms with Gasteiger partial charge in [0.05, 0.1) is 6.61 Å². The quantitative estimate of drug-likeness (QED) is 0.903. The molecule has 0 fully saturated rings. The maximum atomic E-state index is 13.8. The number of halogens is 3. The van der Waals surface area contributed by atoms with Gasteiger partial charge in [-0.25, -0.2) is 8.78 Å². The van der Waals surface area contributed by atoms with Crippen LogP contribution in [-0.4, -0.2) is 5.11 Å². The molecule has 2 aromatic carbocycles. The number of hydrogen-bond donors (Lipinski definition) is 1. The summed E-state index contributed by atoms with van der Waals surface area (Å²) in [7, 11) is 0. The van der Waals surface area contributed by atoms with Crippen LogP contribution in [-0.2, 0) is 6.61 Å². The Morgan fingerprint density at radius 3 is 1.95 bits per heavy atom. The highest BCUT2D eigenvalue weighted by Gasteiger charge is 2.16. The Morgan fingerprint density at radius 1 is 1.00 bits per heavy atom. The summed E-state index contributed by atoms with van der Waals surface area (Å²) in [6, 6.07) is 5.39. The van der Waals surface area contributed by atoms with Crippen molar-refractivity contribution >= 4 is 11.6 Å². The molecule has 0 heterocycles. The molecule has 0 amide bonds. The van der Waals surface area contributed by atoms with Crippen molar-refractivity contribution in [2.75, 3.05) is 0 Å². The van der Waals surface area contributed by atoms with E-state index < -0.39 is 24.0 Å². The van der Waals surface area contributed by atoms with Crippen LogP contribution in [0.5, 0.6) is 11.5 Å². The molecule has 0 aliphatic heterocycles. The Bertz CT molecular complexity index is 610. The van der Waals surface area contributed by atoms with Gasteiger partial charge in [-0.05, 0) is 54.8 Å². The Balaban J connectivity index is 2.45. The molecule has 2 rings (SSSR count). The highest BCUT2D eigenvalue weighted by molar-refractivity contribution is 6.30. The van der Waals surface area contributed by atoms with Gasteiger partial charge in [0.15, 0.2) is 17.4 Å². The third-order valence-electron chi connectivity index (χ3n) is 2.87. The Morgan fingerprint density at radius 2 is 1.50 bits per heavy atom. The minimum Gasteiger partial charge on any atom is -0.451 e. The summed E-state index contributed by atoms with van der Waals surface area (Å²) < 4.78 is 33.0. The molecule has 0 saturated heterocycles. The van der Waals surface area contributed by atoms with E-state index in [9.17, 15) is 8.78 Å². The van der Waals surface area contributed by atoms with Crippen LogP contribution >= 0.6 is 11.6 Å². The van der Waals surface area contributed by atoms with Gasteiger partial charge in [-0.2, -0.15) is 0 Å². The van der Waals surface area contributed by atoms with Gasteiger partial charge >= 0.3 is 0 Å². The third kappa shape index (κ3) is 2.92. The largest absolute Gasteiger partial charge is 0.451 e. The van der Waals surface area contributed by atoms with Crippen molar-refractivity contribution in [3.05, 3.63) is 57.6 Å². The predicted octanol–water partition coefficient (Wildman–Crippen LogP) is 4.52. The number of ether oxygens (including phenoxy) is 1. The second-order valence-electron chi connectivity index (χ2n) is 4.52. The molecule has 0 aliphatic rings. The molecule has 0 bridgehead atoms. The summed E-state index contributed by atoms with van der Waals surface area (Å²) in [5.41, 5.74) is 1.51. The number of rotatable bonds is 3. The van der Waals surface area contributed by atoms with Crippen LogP contribution in [0.25, 0.3) is 0 Å². The summed E-state index contributed by atoms with van der Waals surface area (Å²) in [6.45, 7) is 3.05. The highest BCUT2D eigenvalue weighted by Crippen LogP contribution is 2.34. The summed E-state index contributed by atoms with van der Waals surface area (Å²) >= 11 is 5.90. The fourth-order valence-corrected chi connectivity index (χ4v) is 2.29. The molecule has 0 aliphatic carbocycles. The molecule has 5 heteroatoms. The van der Waals surface area contributed by atoms with Gasteiger partial charge in [-0.15, -0.1) is 0 Å². The summed E-state index contributed by atoms with van der Waals surface area (Å²) in [5, 5.41) is 9.43. The third-order valence-corrected chi connectivity index (χ3v) is 3.09. The van der Waals surface area contributed by atoms with Crippen molar-refractivity contribution in [3.8, 4) is 11.5 Å². The Kier molecular flexibility index (Phi) is 4.26. The zero-order valence-electron chi connectivity index (χ0n) is 11.0. The zero-order valence-corrected chi connectivity index (χ0v) is 11.8. The van der Waals surface area contributed by atoms with Crippen molar-refractivity contribution in [2.24, 2.45) is 0 Å². The first-order valence-electron chi connectivity index (χ1n) is 5.95. The molecule has 1 N–H and O–H groups in total. The average Bonchev–Trinajstić information content (AvgIpc) is 2.35. The Labute approximate surface area is 120 Å². The molecule has 0 spiro atoms. The van der Waals surface area contributed by atoms with Gasteiger partial charge in [0.1, 0.15) is 5.75 Å². The van der Waals surface area contributed by atoms with Gasteiger partial charge in [-0.3, -0.25) is 0 Å². The molecule has 2 nitrogen and oxygen atoms in total. The lowest BCUT2D eigenvalue weighted by molar-refractivity contribution is 0.279. The molecule has 0 atom stereocenters. The fraction of sp³-hybridized carbons (Fsp3) is 0.200. The smallest absolute Gasteiger partial charge is 0.198 e.